The van der Waals surface area contributed by atoms with Crippen molar-refractivity contribution in [2.75, 3.05) is 13.2 Å². The minimum absolute atomic E-state index is 0. The molecule has 7 nitrogen and oxygen atoms in total. The van der Waals surface area contributed by atoms with E-state index in [-0.39, 0.29) is 41.1 Å². The van der Waals surface area contributed by atoms with Crippen LogP contribution in [0.5, 0.6) is 11.5 Å². The summed E-state index contributed by atoms with van der Waals surface area (Å²) in [5, 5.41) is 10.7. The Hall–Kier alpha value is -0.670. The third kappa shape index (κ3) is 3.21. The Labute approximate surface area is 127 Å². The number of nitrogens with zero attached hydrogens (tertiary/aromatic N) is 1. The molecule has 92 valence electrons. The monoisotopic (exact) mass is 281 g/mol. The van der Waals surface area contributed by atoms with Crippen molar-refractivity contribution in [1.29, 1.82) is 0 Å². The normalized spacial score (nSPS) is 15.2. The maximum Gasteiger partial charge on any atom is 1.00 e. The molecule has 1 aliphatic heterocycles. The van der Waals surface area contributed by atoms with Crippen LogP contribution in [-0.4, -0.2) is 26.9 Å². The van der Waals surface area contributed by atoms with E-state index in [2.05, 4.69) is 0 Å². The van der Waals surface area contributed by atoms with Gasteiger partial charge in [-0.05, 0) is 11.1 Å². The predicted molar refractivity (Wildman–Crippen MR) is 55.9 cm³/mol. The third-order valence-corrected chi connectivity index (χ3v) is 2.89. The van der Waals surface area contributed by atoms with Crippen LogP contribution < -0.4 is 39.0 Å². The third-order valence-electron chi connectivity index (χ3n) is 2.21. The molecule has 1 unspecified atom stereocenters. The summed E-state index contributed by atoms with van der Waals surface area (Å²) in [6.07, 6.45) is 0.637. The largest absolute Gasteiger partial charge is 1.00 e. The zero-order chi connectivity index (χ0) is 12.4. The molecule has 1 atom stereocenters. The number of hydrogen-bond acceptors (Lipinski definition) is 6. The molecule has 1 aliphatic rings. The van der Waals surface area contributed by atoms with E-state index in [1.165, 1.54) is 0 Å². The molecule has 1 aromatic rings. The molecule has 9 heteroatoms. The minimum Gasteiger partial charge on any atom is -0.768 e. The van der Waals surface area contributed by atoms with Gasteiger partial charge in [-0.2, -0.15) is 0 Å². The number of rotatable bonds is 2. The fraction of sp³-hybridized carbons (Fsp3) is 0.333. The molecular weight excluding hydrogens is 273 g/mol. The van der Waals surface area contributed by atoms with Crippen LogP contribution in [0.3, 0.4) is 0 Å². The van der Waals surface area contributed by atoms with E-state index in [4.69, 9.17) is 9.47 Å². The molecule has 1 aromatic carbocycles. The van der Waals surface area contributed by atoms with E-state index < -0.39 is 26.6 Å². The summed E-state index contributed by atoms with van der Waals surface area (Å²) in [5.41, 5.74) is -0.511. The molecule has 0 spiro atoms. The van der Waals surface area contributed by atoms with Gasteiger partial charge in [-0.15, -0.1) is 0 Å². The van der Waals surface area contributed by atoms with Crippen molar-refractivity contribution in [1.82, 2.24) is 0 Å². The van der Waals surface area contributed by atoms with Crippen LogP contribution in [0.4, 0.5) is 5.69 Å². The molecule has 0 fully saturated rings. The Kier molecular flexibility index (Phi) is 5.54. The first-order chi connectivity index (χ1) is 8.09. The molecule has 1 heterocycles. The van der Waals surface area contributed by atoms with Crippen molar-refractivity contribution < 1.29 is 52.7 Å². The van der Waals surface area contributed by atoms with Crippen molar-refractivity contribution in [3.8, 4) is 11.5 Å². The SMILES string of the molecule is O=[N+]([O-])c1cc2c(cc1S(=O)[O-])OCCCO2.[Na+]. The number of fused-ring (bicyclic) bond motifs is 1. The first-order valence-corrected chi connectivity index (χ1v) is 5.84. The van der Waals surface area contributed by atoms with Gasteiger partial charge in [-0.1, -0.05) is 0 Å². The van der Waals surface area contributed by atoms with Gasteiger partial charge in [-0.25, -0.2) is 0 Å². The second-order valence-electron chi connectivity index (χ2n) is 3.31. The van der Waals surface area contributed by atoms with Crippen molar-refractivity contribution in [3.63, 3.8) is 0 Å². The zero-order valence-electron chi connectivity index (χ0n) is 9.58. The summed E-state index contributed by atoms with van der Waals surface area (Å²) in [4.78, 5) is 9.57. The van der Waals surface area contributed by atoms with Gasteiger partial charge < -0.3 is 14.0 Å². The Morgan fingerprint density at radius 3 is 2.28 bits per heavy atom. The molecular formula is C9H8NNaO6S. The van der Waals surface area contributed by atoms with Crippen molar-refractivity contribution in [3.05, 3.63) is 22.2 Å². The number of ether oxygens (including phenoxy) is 2. The fourth-order valence-corrected chi connectivity index (χ4v) is 1.96. The van der Waals surface area contributed by atoms with Gasteiger partial charge in [0.05, 0.1) is 24.2 Å². The maximum atomic E-state index is 10.9. The van der Waals surface area contributed by atoms with Gasteiger partial charge in [0.25, 0.3) is 5.69 Å². The Balaban J connectivity index is 0.00000162. The van der Waals surface area contributed by atoms with E-state index in [0.29, 0.717) is 19.6 Å². The van der Waals surface area contributed by atoms with E-state index >= 15 is 0 Å². The molecule has 0 saturated carbocycles. The van der Waals surface area contributed by atoms with Crippen LogP contribution in [0.15, 0.2) is 17.0 Å². The Morgan fingerprint density at radius 1 is 1.22 bits per heavy atom. The summed E-state index contributed by atoms with van der Waals surface area (Å²) < 4.78 is 32.3. The first kappa shape index (κ1) is 15.4. The van der Waals surface area contributed by atoms with Crippen LogP contribution in [0.25, 0.3) is 0 Å². The molecule has 0 aromatic heterocycles. The van der Waals surface area contributed by atoms with Gasteiger partial charge in [0.15, 0.2) is 11.5 Å². The fourth-order valence-electron chi connectivity index (χ4n) is 1.46. The molecule has 18 heavy (non-hydrogen) atoms. The molecule has 0 radical (unpaired) electrons. The van der Waals surface area contributed by atoms with Crippen LogP contribution in [0, 0.1) is 10.1 Å². The zero-order valence-corrected chi connectivity index (χ0v) is 12.4. The molecule has 0 N–H and O–H groups in total. The van der Waals surface area contributed by atoms with E-state index in [1.807, 2.05) is 0 Å². The van der Waals surface area contributed by atoms with Gasteiger partial charge in [0, 0.05) is 12.5 Å². The predicted octanol–water partition coefficient (Wildman–Crippen LogP) is -2.00. The topological polar surface area (TPSA) is 102 Å². The second-order valence-corrected chi connectivity index (χ2v) is 4.22. The summed E-state index contributed by atoms with van der Waals surface area (Å²) in [6.45, 7) is 0.764. The average Bonchev–Trinajstić information content (AvgIpc) is 2.51. The Morgan fingerprint density at radius 2 is 1.78 bits per heavy atom. The van der Waals surface area contributed by atoms with E-state index in [0.717, 1.165) is 12.1 Å². The number of hydrogen-bond donors (Lipinski definition) is 0. The van der Waals surface area contributed by atoms with Crippen molar-refractivity contribution in [2.24, 2.45) is 0 Å². The smallest absolute Gasteiger partial charge is 0.768 e. The molecule has 0 amide bonds. The summed E-state index contributed by atoms with van der Waals surface area (Å²) in [5.74, 6) is 0.413. The first-order valence-electron chi connectivity index (χ1n) is 4.77. The number of nitro groups is 1. The number of nitro benzene ring substituents is 1. The van der Waals surface area contributed by atoms with Gasteiger partial charge in [0.1, 0.15) is 4.90 Å². The average molecular weight is 281 g/mol. The van der Waals surface area contributed by atoms with E-state index in [1.54, 1.807) is 0 Å². The molecule has 2 rings (SSSR count). The van der Waals surface area contributed by atoms with Crippen molar-refractivity contribution in [2.45, 2.75) is 11.3 Å². The van der Waals surface area contributed by atoms with Crippen LogP contribution in [-0.2, 0) is 11.1 Å². The van der Waals surface area contributed by atoms with E-state index in [9.17, 15) is 18.9 Å². The van der Waals surface area contributed by atoms with Crippen LogP contribution >= 0.6 is 0 Å². The van der Waals surface area contributed by atoms with Gasteiger partial charge in [0.2, 0.25) is 0 Å². The summed E-state index contributed by atoms with van der Waals surface area (Å²) >= 11 is -2.69. The quantitative estimate of drug-likeness (QED) is 0.269. The summed E-state index contributed by atoms with van der Waals surface area (Å²) in [6, 6.07) is 2.19. The number of benzene rings is 1. The summed E-state index contributed by atoms with van der Waals surface area (Å²) in [7, 11) is 0. The van der Waals surface area contributed by atoms with Gasteiger partial charge in [-0.3, -0.25) is 14.3 Å². The molecule has 0 aliphatic carbocycles. The van der Waals surface area contributed by atoms with Crippen LogP contribution in [0.2, 0.25) is 0 Å². The minimum atomic E-state index is -2.69. The van der Waals surface area contributed by atoms with Crippen molar-refractivity contribution >= 4 is 16.8 Å². The standard InChI is InChI=1S/C9H9NO6S.Na/c11-10(12)6-4-7-8(5-9(6)17(13)14)16-3-1-2-15-7;/h4-5H,1-3H2,(H,13,14);/q;+1/p-1. The molecule has 0 saturated heterocycles. The Bertz CT molecular complexity index is 451. The molecule has 0 bridgehead atoms. The second kappa shape index (κ2) is 6.48. The maximum absolute atomic E-state index is 10.9. The van der Waals surface area contributed by atoms with Crippen LogP contribution in [0.1, 0.15) is 6.42 Å². The van der Waals surface area contributed by atoms with Gasteiger partial charge >= 0.3 is 29.6 Å².